The standard InChI is InChI=1S/C36H47N7O7S/c1-6-43-22-24(21-37-43)28-19-30(26-12-13-29(49-5)23(2)31(26)38-28)50-18-14-27-32(44)40-36(33(45)41-51(47,48)35(3)15-16-35)20-25(36)11-9-7-8-10-17-42(4)34(46)39-27/h9,11-13,19,21-22,25,27H,6-8,10,14-18,20H2,1-5H3,(H,39,46)(H,40,44)(H,41,45)/t25-,27+,36-/m1/s1. The number of fused-ring (bicyclic) bond motifs is 2. The molecule has 0 saturated heterocycles. The van der Waals surface area contributed by atoms with E-state index in [0.717, 1.165) is 35.8 Å². The van der Waals surface area contributed by atoms with Crippen molar-refractivity contribution in [1.29, 1.82) is 0 Å². The van der Waals surface area contributed by atoms with Gasteiger partial charge >= 0.3 is 6.03 Å². The maximum atomic E-state index is 14.0. The number of sulfonamides is 1. The highest BCUT2D eigenvalue weighted by Crippen LogP contribution is 2.47. The lowest BCUT2D eigenvalue weighted by Gasteiger charge is -2.26. The molecule has 0 unspecified atom stereocenters. The van der Waals surface area contributed by atoms with Crippen LogP contribution in [0.25, 0.3) is 22.2 Å². The predicted octanol–water partition coefficient (Wildman–Crippen LogP) is 3.83. The van der Waals surface area contributed by atoms with Crippen molar-refractivity contribution in [3.8, 4) is 22.8 Å². The molecule has 1 aliphatic heterocycles. The number of aryl methyl sites for hydroxylation is 2. The monoisotopic (exact) mass is 721 g/mol. The Bertz CT molecular complexity index is 1970. The summed E-state index contributed by atoms with van der Waals surface area (Å²) in [5, 5.41) is 10.8. The fraction of sp³-hybridized carbons (Fsp3) is 0.528. The van der Waals surface area contributed by atoms with E-state index in [0.29, 0.717) is 48.6 Å². The van der Waals surface area contributed by atoms with E-state index in [1.54, 1.807) is 32.0 Å². The summed E-state index contributed by atoms with van der Waals surface area (Å²) in [5.74, 6) is -0.559. The van der Waals surface area contributed by atoms with Gasteiger partial charge in [0.05, 0.1) is 35.9 Å². The minimum atomic E-state index is -3.94. The highest BCUT2D eigenvalue weighted by molar-refractivity contribution is 7.91. The summed E-state index contributed by atoms with van der Waals surface area (Å²) in [6.07, 6.45) is 11.0. The Hall–Kier alpha value is -4.66. The van der Waals surface area contributed by atoms with Crippen molar-refractivity contribution in [2.45, 2.75) is 88.6 Å². The van der Waals surface area contributed by atoms with Crippen LogP contribution >= 0.6 is 0 Å². The lowest BCUT2D eigenvalue weighted by atomic mass is 10.1. The van der Waals surface area contributed by atoms with Crippen LogP contribution in [0.3, 0.4) is 0 Å². The van der Waals surface area contributed by atoms with Crippen LogP contribution in [0, 0.1) is 12.8 Å². The first-order valence-corrected chi connectivity index (χ1v) is 19.0. The number of allylic oxidation sites excluding steroid dienone is 1. The molecule has 0 spiro atoms. The Morgan fingerprint density at radius 2 is 1.96 bits per heavy atom. The van der Waals surface area contributed by atoms with E-state index in [-0.39, 0.29) is 25.4 Å². The maximum Gasteiger partial charge on any atom is 0.317 e. The van der Waals surface area contributed by atoms with Crippen molar-refractivity contribution in [1.82, 2.24) is 35.0 Å². The maximum absolute atomic E-state index is 14.0. The first-order valence-electron chi connectivity index (χ1n) is 17.5. The van der Waals surface area contributed by atoms with Gasteiger partial charge in [0.15, 0.2) is 0 Å². The molecule has 3 aromatic rings. The number of nitrogens with zero attached hydrogens (tertiary/aromatic N) is 4. The number of amides is 4. The van der Waals surface area contributed by atoms with Gasteiger partial charge in [-0.3, -0.25) is 19.0 Å². The molecule has 274 valence electrons. The molecule has 4 amide bonds. The molecule has 0 radical (unpaired) electrons. The second-order valence-electron chi connectivity index (χ2n) is 14.0. The number of methoxy groups -OCH3 is 1. The van der Waals surface area contributed by atoms with Crippen LogP contribution in [0.2, 0.25) is 0 Å². The average molecular weight is 722 g/mol. The van der Waals surface area contributed by atoms with Crippen molar-refractivity contribution in [3.63, 3.8) is 0 Å². The quantitative estimate of drug-likeness (QED) is 0.263. The molecule has 2 fully saturated rings. The molecule has 15 heteroatoms. The van der Waals surface area contributed by atoms with Crippen molar-refractivity contribution in [2.75, 3.05) is 27.3 Å². The van der Waals surface area contributed by atoms with E-state index in [4.69, 9.17) is 14.5 Å². The average Bonchev–Trinajstić information content (AvgIpc) is 3.97. The highest BCUT2D eigenvalue weighted by Gasteiger charge is 2.62. The summed E-state index contributed by atoms with van der Waals surface area (Å²) in [4.78, 5) is 47.4. The number of aromatic nitrogens is 3. The molecule has 1 aromatic carbocycles. The van der Waals surface area contributed by atoms with E-state index in [1.807, 2.05) is 50.4 Å². The third-order valence-corrected chi connectivity index (χ3v) is 12.5. The first kappa shape index (κ1) is 36.1. The van der Waals surface area contributed by atoms with E-state index >= 15 is 0 Å². The normalized spacial score (nSPS) is 23.4. The topological polar surface area (TPSA) is 174 Å². The first-order chi connectivity index (χ1) is 24.3. The van der Waals surface area contributed by atoms with Gasteiger partial charge in [0.25, 0.3) is 5.91 Å². The number of nitrogens with one attached hydrogen (secondary N) is 3. The lowest BCUT2D eigenvalue weighted by molar-refractivity contribution is -0.130. The molecule has 3 atom stereocenters. The van der Waals surface area contributed by atoms with Crippen molar-refractivity contribution < 1.29 is 32.3 Å². The molecular formula is C36H47N7O7S. The van der Waals surface area contributed by atoms with Crippen molar-refractivity contribution >= 4 is 38.8 Å². The summed E-state index contributed by atoms with van der Waals surface area (Å²) in [5.41, 5.74) is 1.52. The van der Waals surface area contributed by atoms with E-state index < -0.39 is 44.2 Å². The molecule has 3 aliphatic rings. The van der Waals surface area contributed by atoms with Gasteiger partial charge in [0.1, 0.15) is 23.1 Å². The largest absolute Gasteiger partial charge is 0.496 e. The highest BCUT2D eigenvalue weighted by atomic mass is 32.2. The molecule has 2 aromatic heterocycles. The smallest absolute Gasteiger partial charge is 0.317 e. The number of hydrogen-bond acceptors (Lipinski definition) is 9. The summed E-state index contributed by atoms with van der Waals surface area (Å²) in [7, 11) is -0.671. The Morgan fingerprint density at radius 1 is 1.18 bits per heavy atom. The van der Waals surface area contributed by atoms with Gasteiger partial charge in [-0.2, -0.15) is 5.10 Å². The number of hydrogen-bond donors (Lipinski definition) is 3. The Kier molecular flexibility index (Phi) is 10.0. The van der Waals surface area contributed by atoms with E-state index in [9.17, 15) is 22.8 Å². The fourth-order valence-corrected chi connectivity index (χ4v) is 7.71. The molecule has 2 saturated carbocycles. The van der Waals surface area contributed by atoms with E-state index in [1.165, 1.54) is 4.90 Å². The zero-order valence-corrected chi connectivity index (χ0v) is 30.6. The third kappa shape index (κ3) is 7.39. The Labute approximate surface area is 298 Å². The number of urea groups is 1. The Morgan fingerprint density at radius 3 is 2.67 bits per heavy atom. The molecular weight excluding hydrogens is 675 g/mol. The minimum absolute atomic E-state index is 0.0230. The second kappa shape index (κ2) is 14.2. The second-order valence-corrected chi connectivity index (χ2v) is 16.2. The molecule has 14 nitrogen and oxygen atoms in total. The third-order valence-electron chi connectivity index (χ3n) is 10.3. The van der Waals surface area contributed by atoms with Crippen LogP contribution in [-0.2, 0) is 26.2 Å². The number of ether oxygens (including phenoxy) is 2. The SMILES string of the molecule is CCn1cc(-c2cc(OCC[C@@H]3NC(=O)N(C)CCCCC=C[C@@H]4C[C@@]4(C(=O)NS(=O)(=O)C4(C)CC4)NC3=O)c3ccc(OC)c(C)c3n2)cn1. The zero-order chi connectivity index (χ0) is 36.6. The van der Waals surface area contributed by atoms with Crippen LogP contribution in [0.15, 0.2) is 42.7 Å². The molecule has 3 N–H and O–H groups in total. The van der Waals surface area contributed by atoms with E-state index in [2.05, 4.69) is 20.5 Å². The minimum Gasteiger partial charge on any atom is -0.496 e. The van der Waals surface area contributed by atoms with Crippen LogP contribution in [-0.4, -0.2) is 89.6 Å². The zero-order valence-electron chi connectivity index (χ0n) is 29.8. The number of carbonyl (C=O) groups is 3. The molecule has 2 aliphatic carbocycles. The van der Waals surface area contributed by atoms with Gasteiger partial charge in [0, 0.05) is 61.3 Å². The van der Waals surface area contributed by atoms with Crippen molar-refractivity contribution in [2.24, 2.45) is 5.92 Å². The summed E-state index contributed by atoms with van der Waals surface area (Å²) in [6.45, 7) is 6.74. The van der Waals surface area contributed by atoms with Crippen LogP contribution in [0.5, 0.6) is 11.5 Å². The molecule has 3 heterocycles. The number of carbonyl (C=O) groups excluding carboxylic acids is 3. The lowest BCUT2D eigenvalue weighted by Crippen LogP contribution is -2.58. The van der Waals surface area contributed by atoms with Gasteiger partial charge < -0.3 is 25.0 Å². The van der Waals surface area contributed by atoms with Gasteiger partial charge in [-0.05, 0) is 71.4 Å². The molecule has 0 bridgehead atoms. The van der Waals surface area contributed by atoms with Crippen molar-refractivity contribution in [3.05, 3.63) is 48.3 Å². The number of pyridine rings is 1. The van der Waals surface area contributed by atoms with Gasteiger partial charge in [-0.1, -0.05) is 12.2 Å². The summed E-state index contributed by atoms with van der Waals surface area (Å²) in [6, 6.07) is 4.01. The summed E-state index contributed by atoms with van der Waals surface area (Å²) < 4.78 is 41.0. The van der Waals surface area contributed by atoms with Gasteiger partial charge in [0.2, 0.25) is 15.9 Å². The summed E-state index contributed by atoms with van der Waals surface area (Å²) >= 11 is 0. The Balaban J connectivity index is 1.27. The fourth-order valence-electron chi connectivity index (χ4n) is 6.39. The predicted molar refractivity (Wildman–Crippen MR) is 192 cm³/mol. The van der Waals surface area contributed by atoms with Crippen LogP contribution in [0.1, 0.15) is 64.4 Å². The number of rotatable bonds is 10. The van der Waals surface area contributed by atoms with Crippen LogP contribution in [0.4, 0.5) is 4.79 Å². The van der Waals surface area contributed by atoms with Gasteiger partial charge in [-0.15, -0.1) is 0 Å². The van der Waals surface area contributed by atoms with Crippen LogP contribution < -0.4 is 24.8 Å². The molecule has 51 heavy (non-hydrogen) atoms. The number of benzene rings is 1. The molecule has 6 rings (SSSR count). The van der Waals surface area contributed by atoms with Gasteiger partial charge in [-0.25, -0.2) is 18.2 Å².